The maximum absolute atomic E-state index is 13.0. The number of aromatic nitrogens is 2. The molecule has 7 nitrogen and oxygen atoms in total. The molecule has 1 aromatic heterocycles. The number of imidazole rings is 1. The average Bonchev–Trinajstić information content (AvgIpc) is 3.20. The second-order valence-corrected chi connectivity index (χ2v) is 9.34. The van der Waals surface area contributed by atoms with E-state index >= 15 is 0 Å². The summed E-state index contributed by atoms with van der Waals surface area (Å²) >= 11 is 0. The maximum Gasteiger partial charge on any atom is 0.262 e. The lowest BCUT2D eigenvalue weighted by Crippen LogP contribution is -2.43. The van der Waals surface area contributed by atoms with Gasteiger partial charge in [-0.2, -0.15) is 4.31 Å². The zero-order chi connectivity index (χ0) is 20.3. The average molecular weight is 405 g/mol. The molecule has 0 spiro atoms. The Bertz CT molecular complexity index is 936. The molecule has 1 fully saturated rings. The molecule has 1 unspecified atom stereocenters. The van der Waals surface area contributed by atoms with Crippen LogP contribution in [0.3, 0.4) is 0 Å². The number of carbonyl (C=O) groups excluding carboxylic acids is 1. The summed E-state index contributed by atoms with van der Waals surface area (Å²) in [5.74, 6) is -0.505. The van der Waals surface area contributed by atoms with E-state index in [1.165, 1.54) is 10.6 Å². The summed E-state index contributed by atoms with van der Waals surface area (Å²) in [5, 5.41) is 3.02. The normalized spacial score (nSPS) is 18.4. The predicted molar refractivity (Wildman–Crippen MR) is 109 cm³/mol. The number of anilines is 1. The number of piperidine rings is 1. The summed E-state index contributed by atoms with van der Waals surface area (Å²) in [6.07, 6.45) is 5.24. The summed E-state index contributed by atoms with van der Waals surface area (Å²) in [6.45, 7) is 6.56. The van der Waals surface area contributed by atoms with E-state index in [4.69, 9.17) is 0 Å². The molecule has 1 aromatic carbocycles. The topological polar surface area (TPSA) is 84.3 Å². The van der Waals surface area contributed by atoms with E-state index in [2.05, 4.69) is 10.3 Å². The number of carbonyl (C=O) groups is 1. The zero-order valence-electron chi connectivity index (χ0n) is 16.6. The van der Waals surface area contributed by atoms with Crippen LogP contribution >= 0.6 is 0 Å². The number of nitrogens with zero attached hydrogens (tertiary/aromatic N) is 3. The smallest absolute Gasteiger partial charge is 0.262 e. The molecule has 1 atom stereocenters. The van der Waals surface area contributed by atoms with Crippen molar-refractivity contribution in [1.82, 2.24) is 13.9 Å². The number of hydrogen-bond donors (Lipinski definition) is 1. The van der Waals surface area contributed by atoms with Crippen LogP contribution in [0.25, 0.3) is 0 Å². The van der Waals surface area contributed by atoms with Crippen molar-refractivity contribution < 1.29 is 13.2 Å². The van der Waals surface area contributed by atoms with E-state index in [0.29, 0.717) is 19.4 Å². The highest BCUT2D eigenvalue weighted by atomic mass is 32.2. The van der Waals surface area contributed by atoms with E-state index in [1.54, 1.807) is 10.8 Å². The molecule has 1 aliphatic heterocycles. The van der Waals surface area contributed by atoms with Gasteiger partial charge >= 0.3 is 0 Å². The number of hydrogen-bond acceptors (Lipinski definition) is 4. The lowest BCUT2D eigenvalue weighted by atomic mass is 9.98. The summed E-state index contributed by atoms with van der Waals surface area (Å²) in [6, 6.07) is 7.83. The van der Waals surface area contributed by atoms with E-state index in [1.807, 2.05) is 45.0 Å². The number of benzene rings is 1. The van der Waals surface area contributed by atoms with E-state index in [-0.39, 0.29) is 29.4 Å². The van der Waals surface area contributed by atoms with Crippen molar-refractivity contribution in [3.63, 3.8) is 0 Å². The Kier molecular flexibility index (Phi) is 6.20. The highest BCUT2D eigenvalue weighted by Gasteiger charge is 2.34. The third-order valence-electron chi connectivity index (χ3n) is 5.19. The third kappa shape index (κ3) is 4.28. The Balaban J connectivity index is 1.73. The van der Waals surface area contributed by atoms with Gasteiger partial charge in [-0.05, 0) is 44.7 Å². The van der Waals surface area contributed by atoms with Gasteiger partial charge in [-0.1, -0.05) is 25.1 Å². The Morgan fingerprint density at radius 1 is 1.32 bits per heavy atom. The van der Waals surface area contributed by atoms with Gasteiger partial charge in [0.05, 0.1) is 12.2 Å². The molecule has 1 N–H and O–H groups in total. The molecule has 28 heavy (non-hydrogen) atoms. The van der Waals surface area contributed by atoms with Crippen LogP contribution < -0.4 is 5.32 Å². The molecule has 2 aromatic rings. The van der Waals surface area contributed by atoms with Gasteiger partial charge in [0.2, 0.25) is 5.91 Å². The van der Waals surface area contributed by atoms with Gasteiger partial charge in [-0.3, -0.25) is 4.79 Å². The van der Waals surface area contributed by atoms with Crippen molar-refractivity contribution >= 4 is 21.6 Å². The first kappa shape index (κ1) is 20.5. The minimum absolute atomic E-state index is 0.0404. The van der Waals surface area contributed by atoms with Crippen molar-refractivity contribution in [2.24, 2.45) is 5.92 Å². The van der Waals surface area contributed by atoms with Gasteiger partial charge in [-0.25, -0.2) is 13.4 Å². The largest absolute Gasteiger partial charge is 0.334 e. The second kappa shape index (κ2) is 8.45. The van der Waals surface area contributed by atoms with Crippen LogP contribution in [-0.2, 0) is 21.2 Å². The lowest BCUT2D eigenvalue weighted by molar-refractivity contribution is -0.120. The van der Waals surface area contributed by atoms with Gasteiger partial charge in [0, 0.05) is 31.0 Å². The highest BCUT2D eigenvalue weighted by Crippen LogP contribution is 2.25. The first-order chi connectivity index (χ1) is 13.3. The van der Waals surface area contributed by atoms with Gasteiger partial charge in [0.1, 0.15) is 0 Å². The SMILES string of the molecule is CCc1ccccc1NC(=O)C1CCCN(S(=O)(=O)c2cn(C(C)C)cn2)C1. The summed E-state index contributed by atoms with van der Waals surface area (Å²) in [7, 11) is -3.71. The van der Waals surface area contributed by atoms with Crippen LogP contribution in [-0.4, -0.2) is 41.3 Å². The minimum Gasteiger partial charge on any atom is -0.334 e. The molecule has 1 saturated heterocycles. The van der Waals surface area contributed by atoms with Gasteiger partial charge in [0.25, 0.3) is 10.0 Å². The van der Waals surface area contributed by atoms with E-state index < -0.39 is 10.0 Å². The Morgan fingerprint density at radius 3 is 2.75 bits per heavy atom. The highest BCUT2D eigenvalue weighted by molar-refractivity contribution is 7.89. The summed E-state index contributed by atoms with van der Waals surface area (Å²) in [5.41, 5.74) is 1.86. The first-order valence-corrected chi connectivity index (χ1v) is 11.2. The van der Waals surface area contributed by atoms with Crippen molar-refractivity contribution in [2.75, 3.05) is 18.4 Å². The molecule has 1 aliphatic rings. The molecule has 0 radical (unpaired) electrons. The predicted octanol–water partition coefficient (Wildman–Crippen LogP) is 3.07. The van der Waals surface area contributed by atoms with Crippen molar-refractivity contribution in [1.29, 1.82) is 0 Å². The number of para-hydroxylation sites is 1. The van der Waals surface area contributed by atoms with Crippen LogP contribution in [0.1, 0.15) is 45.2 Å². The number of amides is 1. The molecular weight excluding hydrogens is 376 g/mol. The van der Waals surface area contributed by atoms with Crippen LogP contribution in [0.2, 0.25) is 0 Å². The fraction of sp³-hybridized carbons (Fsp3) is 0.500. The molecule has 0 saturated carbocycles. The standard InChI is InChI=1S/C20H28N4O3S/c1-4-16-8-5-6-10-18(16)22-20(25)17-9-7-11-24(12-17)28(26,27)19-13-23(14-21-19)15(2)3/h5-6,8,10,13-15,17H,4,7,9,11-12H2,1-3H3,(H,22,25). The van der Waals surface area contributed by atoms with Crippen molar-refractivity contribution in [2.45, 2.75) is 51.1 Å². The van der Waals surface area contributed by atoms with Crippen LogP contribution in [0, 0.1) is 5.92 Å². The number of nitrogens with one attached hydrogen (secondary N) is 1. The zero-order valence-corrected chi connectivity index (χ0v) is 17.4. The molecule has 3 rings (SSSR count). The van der Waals surface area contributed by atoms with E-state index in [9.17, 15) is 13.2 Å². The summed E-state index contributed by atoms with van der Waals surface area (Å²) in [4.78, 5) is 16.9. The second-order valence-electron chi connectivity index (χ2n) is 7.46. The third-order valence-corrected chi connectivity index (χ3v) is 6.94. The van der Waals surface area contributed by atoms with E-state index in [0.717, 1.165) is 17.7 Å². The number of sulfonamides is 1. The molecule has 8 heteroatoms. The molecule has 152 valence electrons. The molecule has 1 amide bonds. The lowest BCUT2D eigenvalue weighted by Gasteiger charge is -2.30. The van der Waals surface area contributed by atoms with Gasteiger partial charge < -0.3 is 9.88 Å². The number of aryl methyl sites for hydroxylation is 1. The minimum atomic E-state index is -3.71. The number of rotatable bonds is 6. The molecule has 2 heterocycles. The van der Waals surface area contributed by atoms with Crippen LogP contribution in [0.4, 0.5) is 5.69 Å². The fourth-order valence-corrected chi connectivity index (χ4v) is 4.87. The quantitative estimate of drug-likeness (QED) is 0.802. The molecular formula is C20H28N4O3S. The molecule has 0 aliphatic carbocycles. The Hall–Kier alpha value is -2.19. The Morgan fingerprint density at radius 2 is 2.07 bits per heavy atom. The van der Waals surface area contributed by atoms with Gasteiger partial charge in [0.15, 0.2) is 5.03 Å². The van der Waals surface area contributed by atoms with Gasteiger partial charge in [-0.15, -0.1) is 0 Å². The van der Waals surface area contributed by atoms with Crippen molar-refractivity contribution in [3.05, 3.63) is 42.4 Å². The monoisotopic (exact) mass is 404 g/mol. The maximum atomic E-state index is 13.0. The van der Waals surface area contributed by atoms with Crippen molar-refractivity contribution in [3.8, 4) is 0 Å². The first-order valence-electron chi connectivity index (χ1n) is 9.75. The van der Waals surface area contributed by atoms with Crippen LogP contribution in [0.15, 0.2) is 41.8 Å². The fourth-order valence-electron chi connectivity index (χ4n) is 3.43. The molecule has 0 bridgehead atoms. The summed E-state index contributed by atoms with van der Waals surface area (Å²) < 4.78 is 29.1. The van der Waals surface area contributed by atoms with Crippen LogP contribution in [0.5, 0.6) is 0 Å². The Labute approximate surface area is 166 Å².